The summed E-state index contributed by atoms with van der Waals surface area (Å²) in [6, 6.07) is 0. The van der Waals surface area contributed by atoms with Gasteiger partial charge in [-0.25, -0.2) is 14.6 Å². The number of aromatic nitrogens is 2. The first-order chi connectivity index (χ1) is 8.20. The Labute approximate surface area is 97.9 Å². The largest absolute Gasteiger partial charge is 0.325 e. The zero-order valence-electron chi connectivity index (χ0n) is 9.75. The Kier molecular flexibility index (Phi) is 3.75. The molecule has 0 saturated heterocycles. The van der Waals surface area contributed by atoms with Crippen molar-refractivity contribution in [3.05, 3.63) is 32.1 Å². The highest BCUT2D eigenvalue weighted by atomic mass is 17.2. The zero-order valence-corrected chi connectivity index (χ0v) is 9.75. The summed E-state index contributed by atoms with van der Waals surface area (Å²) in [5, 5.41) is 0. The lowest BCUT2D eigenvalue weighted by Crippen LogP contribution is -2.33. The van der Waals surface area contributed by atoms with Gasteiger partial charge in [-0.2, -0.15) is 0 Å². The van der Waals surface area contributed by atoms with Gasteiger partial charge in [0.2, 0.25) is 0 Å². The van der Waals surface area contributed by atoms with Crippen molar-refractivity contribution in [1.29, 1.82) is 0 Å². The van der Waals surface area contributed by atoms with Crippen LogP contribution in [0.25, 0.3) is 0 Å². The van der Waals surface area contributed by atoms with Gasteiger partial charge in [-0.05, 0) is 32.1 Å². The summed E-state index contributed by atoms with van der Waals surface area (Å²) in [4.78, 5) is 37.5. The number of hydrogen-bond acceptors (Lipinski definition) is 4. The minimum absolute atomic E-state index is 0.265. The van der Waals surface area contributed by atoms with E-state index < -0.39 is 5.69 Å². The molecule has 0 radical (unpaired) electrons. The van der Waals surface area contributed by atoms with Crippen molar-refractivity contribution in [1.82, 2.24) is 9.97 Å². The highest BCUT2D eigenvalue weighted by Crippen LogP contribution is 2.21. The van der Waals surface area contributed by atoms with Crippen LogP contribution in [0.1, 0.15) is 24.6 Å². The van der Waals surface area contributed by atoms with Crippen LogP contribution in [0.5, 0.6) is 0 Å². The third-order valence-corrected chi connectivity index (χ3v) is 2.93. The van der Waals surface area contributed by atoms with Crippen molar-refractivity contribution in [3.8, 4) is 0 Å². The fourth-order valence-corrected chi connectivity index (χ4v) is 2.10. The second-order valence-corrected chi connectivity index (χ2v) is 4.17. The van der Waals surface area contributed by atoms with E-state index in [1.807, 2.05) is 6.92 Å². The number of aromatic amines is 2. The summed E-state index contributed by atoms with van der Waals surface area (Å²) < 4.78 is 0. The van der Waals surface area contributed by atoms with Crippen molar-refractivity contribution >= 4 is 0 Å². The van der Waals surface area contributed by atoms with Gasteiger partial charge in [-0.15, -0.1) is 0 Å². The Bertz CT molecular complexity index is 491. The molecule has 0 saturated carbocycles. The lowest BCUT2D eigenvalue weighted by molar-refractivity contribution is -0.298. The maximum atomic E-state index is 11.6. The molecule has 1 unspecified atom stereocenters. The van der Waals surface area contributed by atoms with Gasteiger partial charge >= 0.3 is 5.69 Å². The first kappa shape index (κ1) is 12.1. The number of rotatable bonds is 4. The Morgan fingerprint density at radius 3 is 2.88 bits per heavy atom. The van der Waals surface area contributed by atoms with E-state index in [-0.39, 0.29) is 11.5 Å². The van der Waals surface area contributed by atoms with Crippen molar-refractivity contribution in [2.45, 2.75) is 26.2 Å². The third kappa shape index (κ3) is 2.83. The topological polar surface area (TPSA) is 84.2 Å². The average Bonchev–Trinajstić information content (AvgIpc) is 2.30. The van der Waals surface area contributed by atoms with E-state index in [1.54, 1.807) is 0 Å². The van der Waals surface area contributed by atoms with Gasteiger partial charge in [0.1, 0.15) is 0 Å². The van der Waals surface area contributed by atoms with Gasteiger partial charge in [0.25, 0.3) is 5.56 Å². The molecule has 0 bridgehead atoms. The second kappa shape index (κ2) is 5.29. The molecule has 0 amide bonds. The lowest BCUT2D eigenvalue weighted by atomic mass is 9.88. The number of hydrogen-bond donors (Lipinski definition) is 2. The molecule has 0 spiro atoms. The maximum Gasteiger partial charge on any atom is 0.325 e. The van der Waals surface area contributed by atoms with Crippen LogP contribution >= 0.6 is 0 Å². The molecular weight excluding hydrogens is 224 g/mol. The van der Waals surface area contributed by atoms with Crippen molar-refractivity contribution in [3.63, 3.8) is 0 Å². The molecule has 0 aromatic carbocycles. The van der Waals surface area contributed by atoms with Crippen LogP contribution in [-0.4, -0.2) is 23.2 Å². The molecule has 1 atom stereocenters. The molecule has 1 heterocycles. The fraction of sp³-hybridized carbons (Fsp3) is 0.636. The number of aryl methyl sites for hydroxylation is 1. The van der Waals surface area contributed by atoms with E-state index in [1.165, 1.54) is 0 Å². The maximum absolute atomic E-state index is 11.6. The van der Waals surface area contributed by atoms with Crippen LogP contribution in [0.15, 0.2) is 9.59 Å². The smallest absolute Gasteiger partial charge is 0.311 e. The molecule has 1 aliphatic rings. The number of nitrogens with one attached hydrogen (secondary N) is 2. The normalized spacial score (nSPS) is 19.0. The standard InChI is InChI=1S/C11H16N2O4/c1-2-16-17-6-7-3-4-9-8(5-7)10(14)13-11(15)12-9/h7H,2-6H2,1H3,(H2,12,13,14,15). The molecule has 1 aliphatic carbocycles. The molecule has 0 aliphatic heterocycles. The highest BCUT2D eigenvalue weighted by Gasteiger charge is 2.22. The number of H-pyrrole nitrogens is 2. The molecule has 1 aromatic rings. The minimum Gasteiger partial charge on any atom is -0.311 e. The lowest BCUT2D eigenvalue weighted by Gasteiger charge is -2.22. The summed E-state index contributed by atoms with van der Waals surface area (Å²) in [5.41, 5.74) is 0.704. The summed E-state index contributed by atoms with van der Waals surface area (Å²) in [7, 11) is 0. The Hall–Kier alpha value is -1.40. The molecule has 6 heteroatoms. The van der Waals surface area contributed by atoms with Crippen LogP contribution in [-0.2, 0) is 22.6 Å². The molecular formula is C11H16N2O4. The third-order valence-electron chi connectivity index (χ3n) is 2.93. The molecule has 2 N–H and O–H groups in total. The van der Waals surface area contributed by atoms with Crippen LogP contribution in [0.2, 0.25) is 0 Å². The van der Waals surface area contributed by atoms with Gasteiger partial charge in [0.15, 0.2) is 0 Å². The van der Waals surface area contributed by atoms with Gasteiger partial charge in [0.05, 0.1) is 13.2 Å². The monoisotopic (exact) mass is 240 g/mol. The summed E-state index contributed by atoms with van der Waals surface area (Å²) in [5.74, 6) is 0.265. The van der Waals surface area contributed by atoms with E-state index in [4.69, 9.17) is 9.78 Å². The van der Waals surface area contributed by atoms with E-state index in [2.05, 4.69) is 9.97 Å². The Morgan fingerprint density at radius 1 is 1.29 bits per heavy atom. The Morgan fingerprint density at radius 2 is 2.12 bits per heavy atom. The predicted octanol–water partition coefficient (Wildman–Crippen LogP) is 0.136. The molecule has 94 valence electrons. The fourth-order valence-electron chi connectivity index (χ4n) is 2.10. The van der Waals surface area contributed by atoms with E-state index in [0.717, 1.165) is 12.1 Å². The van der Waals surface area contributed by atoms with Gasteiger partial charge in [-0.1, -0.05) is 0 Å². The predicted molar refractivity (Wildman–Crippen MR) is 60.8 cm³/mol. The molecule has 1 aromatic heterocycles. The van der Waals surface area contributed by atoms with Crippen molar-refractivity contribution < 1.29 is 9.78 Å². The molecule has 17 heavy (non-hydrogen) atoms. The van der Waals surface area contributed by atoms with Crippen LogP contribution in [0, 0.1) is 5.92 Å². The van der Waals surface area contributed by atoms with E-state index >= 15 is 0 Å². The van der Waals surface area contributed by atoms with Gasteiger partial charge in [0, 0.05) is 11.3 Å². The van der Waals surface area contributed by atoms with Crippen molar-refractivity contribution in [2.75, 3.05) is 13.2 Å². The minimum atomic E-state index is -0.433. The van der Waals surface area contributed by atoms with Crippen molar-refractivity contribution in [2.24, 2.45) is 5.92 Å². The first-order valence-corrected chi connectivity index (χ1v) is 5.79. The second-order valence-electron chi connectivity index (χ2n) is 4.17. The zero-order chi connectivity index (χ0) is 12.3. The van der Waals surface area contributed by atoms with Crippen LogP contribution in [0.3, 0.4) is 0 Å². The van der Waals surface area contributed by atoms with Crippen LogP contribution in [0.4, 0.5) is 0 Å². The van der Waals surface area contributed by atoms with Crippen LogP contribution < -0.4 is 11.2 Å². The van der Waals surface area contributed by atoms with Gasteiger partial charge < -0.3 is 4.98 Å². The average molecular weight is 240 g/mol. The molecule has 6 nitrogen and oxygen atoms in total. The first-order valence-electron chi connectivity index (χ1n) is 5.79. The number of fused-ring (bicyclic) bond motifs is 1. The Balaban J connectivity index is 2.08. The molecule has 0 fully saturated rings. The van der Waals surface area contributed by atoms with Gasteiger partial charge in [-0.3, -0.25) is 9.78 Å². The summed E-state index contributed by atoms with van der Waals surface area (Å²) in [6.07, 6.45) is 2.21. The summed E-state index contributed by atoms with van der Waals surface area (Å²) >= 11 is 0. The summed E-state index contributed by atoms with van der Waals surface area (Å²) in [6.45, 7) is 2.84. The molecule has 2 rings (SSSR count). The van der Waals surface area contributed by atoms with E-state index in [0.29, 0.717) is 31.6 Å². The SMILES string of the molecule is CCOOCC1CCc2[nH]c(=O)[nH]c(=O)c2C1. The quantitative estimate of drug-likeness (QED) is 0.445. The van der Waals surface area contributed by atoms with E-state index in [9.17, 15) is 9.59 Å². The highest BCUT2D eigenvalue weighted by molar-refractivity contribution is 5.19.